The molecule has 0 aliphatic carbocycles. The second kappa shape index (κ2) is 5.83. The van der Waals surface area contributed by atoms with E-state index in [1.165, 1.54) is 12.1 Å². The molecule has 1 N–H and O–H groups in total. The zero-order valence-corrected chi connectivity index (χ0v) is 12.8. The average molecular weight is 330 g/mol. The topological polar surface area (TPSA) is 53.7 Å². The number of benzene rings is 1. The summed E-state index contributed by atoms with van der Waals surface area (Å²) in [5.74, 6) is 0.726. The number of nitrogens with zero attached hydrogens (tertiary/aromatic N) is 4. The Morgan fingerprint density at radius 1 is 1.17 bits per heavy atom. The molecule has 1 fully saturated rings. The highest BCUT2D eigenvalue weighted by atomic mass is 19.3. The molecular formula is C17H16F2N4O. The van der Waals surface area contributed by atoms with Crippen molar-refractivity contribution in [2.75, 3.05) is 18.0 Å². The molecule has 1 aromatic carbocycles. The van der Waals surface area contributed by atoms with Gasteiger partial charge in [-0.3, -0.25) is 4.40 Å². The van der Waals surface area contributed by atoms with Gasteiger partial charge in [0.05, 0.1) is 18.0 Å². The minimum atomic E-state index is -2.47. The number of imidazole rings is 1. The predicted molar refractivity (Wildman–Crippen MR) is 86.2 cm³/mol. The molecule has 0 spiro atoms. The van der Waals surface area contributed by atoms with Crippen LogP contribution in [-0.4, -0.2) is 38.7 Å². The van der Waals surface area contributed by atoms with Crippen LogP contribution >= 0.6 is 0 Å². The lowest BCUT2D eigenvalue weighted by atomic mass is 10.1. The van der Waals surface area contributed by atoms with Gasteiger partial charge in [-0.25, -0.2) is 18.7 Å². The van der Waals surface area contributed by atoms with E-state index in [1.54, 1.807) is 30.7 Å². The second-order valence-corrected chi connectivity index (χ2v) is 5.90. The SMILES string of the molecule is OC1CCN(c2nccn3c(-c4ccc(C(F)F)cc4)cnc23)C1. The van der Waals surface area contributed by atoms with Crippen LogP contribution in [0.3, 0.4) is 0 Å². The molecule has 3 heterocycles. The Bertz CT molecular complexity index is 863. The van der Waals surface area contributed by atoms with Gasteiger partial charge in [0, 0.05) is 36.6 Å². The number of halogens is 2. The third-order valence-corrected chi connectivity index (χ3v) is 4.33. The highest BCUT2D eigenvalue weighted by Crippen LogP contribution is 2.28. The number of anilines is 1. The smallest absolute Gasteiger partial charge is 0.263 e. The molecule has 1 aliphatic rings. The van der Waals surface area contributed by atoms with Gasteiger partial charge in [0.25, 0.3) is 6.43 Å². The molecule has 124 valence electrons. The Balaban J connectivity index is 1.75. The highest BCUT2D eigenvalue weighted by molar-refractivity contribution is 5.71. The summed E-state index contributed by atoms with van der Waals surface area (Å²) < 4.78 is 27.3. The van der Waals surface area contributed by atoms with E-state index in [-0.39, 0.29) is 11.7 Å². The third-order valence-electron chi connectivity index (χ3n) is 4.33. The highest BCUT2D eigenvalue weighted by Gasteiger charge is 2.24. The van der Waals surface area contributed by atoms with E-state index >= 15 is 0 Å². The molecule has 4 rings (SSSR count). The molecule has 1 saturated heterocycles. The van der Waals surface area contributed by atoms with Gasteiger partial charge in [-0.2, -0.15) is 0 Å². The average Bonchev–Trinajstić information content (AvgIpc) is 3.21. The summed E-state index contributed by atoms with van der Waals surface area (Å²) >= 11 is 0. The molecule has 24 heavy (non-hydrogen) atoms. The number of fused-ring (bicyclic) bond motifs is 1. The first-order chi connectivity index (χ1) is 11.6. The lowest BCUT2D eigenvalue weighted by molar-refractivity contribution is 0.151. The van der Waals surface area contributed by atoms with E-state index < -0.39 is 6.43 Å². The van der Waals surface area contributed by atoms with Crippen molar-refractivity contribution in [1.29, 1.82) is 0 Å². The van der Waals surface area contributed by atoms with Gasteiger partial charge in [0.1, 0.15) is 0 Å². The van der Waals surface area contributed by atoms with Gasteiger partial charge in [-0.1, -0.05) is 24.3 Å². The zero-order chi connectivity index (χ0) is 16.7. The Kier molecular flexibility index (Phi) is 3.65. The van der Waals surface area contributed by atoms with Crippen molar-refractivity contribution in [2.45, 2.75) is 19.0 Å². The van der Waals surface area contributed by atoms with Crippen molar-refractivity contribution in [3.8, 4) is 11.3 Å². The van der Waals surface area contributed by atoms with E-state index in [2.05, 4.69) is 9.97 Å². The second-order valence-electron chi connectivity index (χ2n) is 5.90. The summed E-state index contributed by atoms with van der Waals surface area (Å²) in [7, 11) is 0. The fourth-order valence-corrected chi connectivity index (χ4v) is 3.08. The van der Waals surface area contributed by atoms with Crippen LogP contribution in [0.5, 0.6) is 0 Å². The molecule has 0 radical (unpaired) electrons. The largest absolute Gasteiger partial charge is 0.391 e. The molecule has 0 saturated carbocycles. The van der Waals surface area contributed by atoms with Crippen LogP contribution < -0.4 is 4.90 Å². The summed E-state index contributed by atoms with van der Waals surface area (Å²) in [6, 6.07) is 6.20. The predicted octanol–water partition coefficient (Wildman–Crippen LogP) is 2.90. The molecule has 1 unspecified atom stereocenters. The first-order valence-corrected chi connectivity index (χ1v) is 7.77. The number of aromatic nitrogens is 3. The quantitative estimate of drug-likeness (QED) is 0.802. The molecular weight excluding hydrogens is 314 g/mol. The minimum Gasteiger partial charge on any atom is -0.391 e. The molecule has 0 amide bonds. The molecule has 3 aromatic rings. The van der Waals surface area contributed by atoms with E-state index in [9.17, 15) is 13.9 Å². The van der Waals surface area contributed by atoms with Gasteiger partial charge < -0.3 is 10.0 Å². The summed E-state index contributed by atoms with van der Waals surface area (Å²) in [6.45, 7) is 1.27. The van der Waals surface area contributed by atoms with Crippen LogP contribution in [0.15, 0.2) is 42.9 Å². The molecule has 1 aliphatic heterocycles. The van der Waals surface area contributed by atoms with Crippen molar-refractivity contribution in [1.82, 2.24) is 14.4 Å². The van der Waals surface area contributed by atoms with Crippen molar-refractivity contribution in [2.24, 2.45) is 0 Å². The van der Waals surface area contributed by atoms with Crippen molar-refractivity contribution in [3.05, 3.63) is 48.4 Å². The maximum absolute atomic E-state index is 12.7. The first-order valence-electron chi connectivity index (χ1n) is 7.77. The lowest BCUT2D eigenvalue weighted by Gasteiger charge is -2.17. The molecule has 1 atom stereocenters. The maximum Gasteiger partial charge on any atom is 0.263 e. The number of aliphatic hydroxyl groups is 1. The Hall–Kier alpha value is -2.54. The van der Waals surface area contributed by atoms with Crippen LogP contribution in [-0.2, 0) is 0 Å². The van der Waals surface area contributed by atoms with Gasteiger partial charge in [-0.15, -0.1) is 0 Å². The van der Waals surface area contributed by atoms with E-state index in [1.807, 2.05) is 9.30 Å². The summed E-state index contributed by atoms with van der Waals surface area (Å²) in [4.78, 5) is 10.9. The molecule has 2 aromatic heterocycles. The van der Waals surface area contributed by atoms with E-state index in [4.69, 9.17) is 0 Å². The standard InChI is InChI=1S/C17H16F2N4O/c18-15(19)12-3-1-11(2-4-12)14-9-21-17-16(20-6-8-23(14)17)22-7-5-13(24)10-22/h1-4,6,8-9,13,15,24H,5,7,10H2. The van der Waals surface area contributed by atoms with Crippen molar-refractivity contribution < 1.29 is 13.9 Å². The van der Waals surface area contributed by atoms with Crippen LogP contribution in [0.25, 0.3) is 16.9 Å². The number of aliphatic hydroxyl groups excluding tert-OH is 1. The number of β-amino-alcohol motifs (C(OH)–C–C–N with tert-alkyl or cyclic N) is 1. The lowest BCUT2D eigenvalue weighted by Crippen LogP contribution is -2.23. The van der Waals surface area contributed by atoms with Gasteiger partial charge in [0.2, 0.25) is 0 Å². The minimum absolute atomic E-state index is 0.000908. The first kappa shape index (κ1) is 15.0. The summed E-state index contributed by atoms with van der Waals surface area (Å²) in [5.41, 5.74) is 2.32. The van der Waals surface area contributed by atoms with Gasteiger partial charge >= 0.3 is 0 Å². The van der Waals surface area contributed by atoms with Crippen LogP contribution in [0.1, 0.15) is 18.4 Å². The molecule has 7 heteroatoms. The number of rotatable bonds is 3. The van der Waals surface area contributed by atoms with Gasteiger partial charge in [-0.05, 0) is 6.42 Å². The van der Waals surface area contributed by atoms with Crippen molar-refractivity contribution >= 4 is 11.5 Å². The van der Waals surface area contributed by atoms with Crippen LogP contribution in [0.2, 0.25) is 0 Å². The molecule has 5 nitrogen and oxygen atoms in total. The normalized spacial score (nSPS) is 18.0. The Morgan fingerprint density at radius 2 is 1.96 bits per heavy atom. The molecule has 0 bridgehead atoms. The number of hydrogen-bond acceptors (Lipinski definition) is 4. The zero-order valence-electron chi connectivity index (χ0n) is 12.8. The maximum atomic E-state index is 12.7. The van der Waals surface area contributed by atoms with E-state index in [0.29, 0.717) is 18.6 Å². The van der Waals surface area contributed by atoms with Crippen LogP contribution in [0.4, 0.5) is 14.6 Å². The Labute approximate surface area is 137 Å². The van der Waals surface area contributed by atoms with E-state index in [0.717, 1.165) is 23.6 Å². The number of hydrogen-bond donors (Lipinski definition) is 1. The third kappa shape index (κ3) is 2.50. The monoisotopic (exact) mass is 330 g/mol. The van der Waals surface area contributed by atoms with Crippen LogP contribution in [0, 0.1) is 0 Å². The Morgan fingerprint density at radius 3 is 2.62 bits per heavy atom. The fourth-order valence-electron chi connectivity index (χ4n) is 3.08. The fraction of sp³-hybridized carbons (Fsp3) is 0.294. The summed E-state index contributed by atoms with van der Waals surface area (Å²) in [6.07, 6.45) is 3.10. The van der Waals surface area contributed by atoms with Crippen molar-refractivity contribution in [3.63, 3.8) is 0 Å². The van der Waals surface area contributed by atoms with Gasteiger partial charge in [0.15, 0.2) is 11.5 Å². The number of alkyl halides is 2. The summed E-state index contributed by atoms with van der Waals surface area (Å²) in [5, 5.41) is 9.73.